The molecule has 0 amide bonds. The van der Waals surface area contributed by atoms with Crippen LogP contribution in [-0.4, -0.2) is 46.8 Å². The fourth-order valence-electron chi connectivity index (χ4n) is 4.00. The van der Waals surface area contributed by atoms with Gasteiger partial charge in [-0.15, -0.1) is 0 Å². The largest absolute Gasteiger partial charge is 0.508 e. The number of rotatable bonds is 5. The SMILES string of the molecule is CCOC(=O)C(Cc1c(O)cc(C)c2c(O)c3c(cc12)C(O)CCC3=O)C(=O)OC. The van der Waals surface area contributed by atoms with Crippen molar-refractivity contribution < 1.29 is 39.2 Å². The summed E-state index contributed by atoms with van der Waals surface area (Å²) in [5.74, 6) is -3.68. The van der Waals surface area contributed by atoms with E-state index in [1.165, 1.54) is 12.1 Å². The molecule has 0 aliphatic heterocycles. The minimum absolute atomic E-state index is 0.0650. The first-order chi connectivity index (χ1) is 14.2. The molecule has 0 radical (unpaired) electrons. The predicted octanol–water partition coefficient (Wildman–Crippen LogP) is 2.46. The maximum atomic E-state index is 12.4. The fraction of sp³-hybridized carbons (Fsp3) is 0.409. The van der Waals surface area contributed by atoms with E-state index >= 15 is 0 Å². The zero-order valence-electron chi connectivity index (χ0n) is 17.0. The summed E-state index contributed by atoms with van der Waals surface area (Å²) < 4.78 is 9.68. The number of Topliss-reactive ketones (excluding diaryl/α,β-unsaturated/α-hetero) is 1. The molecule has 0 saturated heterocycles. The Morgan fingerprint density at radius 3 is 2.57 bits per heavy atom. The Bertz CT molecular complexity index is 1040. The van der Waals surface area contributed by atoms with E-state index in [9.17, 15) is 29.7 Å². The van der Waals surface area contributed by atoms with Gasteiger partial charge in [-0.25, -0.2) is 0 Å². The third-order valence-corrected chi connectivity index (χ3v) is 5.46. The number of phenolic OH excluding ortho intramolecular Hbond substituents is 2. The van der Waals surface area contributed by atoms with Crippen LogP contribution in [0, 0.1) is 12.8 Å². The number of aliphatic hydroxyl groups excluding tert-OH is 1. The van der Waals surface area contributed by atoms with Crippen molar-refractivity contribution in [3.63, 3.8) is 0 Å². The first kappa shape index (κ1) is 21.6. The Morgan fingerprint density at radius 1 is 1.23 bits per heavy atom. The summed E-state index contributed by atoms with van der Waals surface area (Å²) in [5.41, 5.74) is 1.04. The van der Waals surface area contributed by atoms with Gasteiger partial charge < -0.3 is 24.8 Å². The fourth-order valence-corrected chi connectivity index (χ4v) is 4.00. The Morgan fingerprint density at radius 2 is 1.93 bits per heavy atom. The minimum atomic E-state index is -1.32. The van der Waals surface area contributed by atoms with Crippen LogP contribution in [0.5, 0.6) is 11.5 Å². The number of fused-ring (bicyclic) bond motifs is 2. The van der Waals surface area contributed by atoms with E-state index in [1.807, 2.05) is 0 Å². The quantitative estimate of drug-likeness (QED) is 0.501. The van der Waals surface area contributed by atoms with Gasteiger partial charge in [-0.05, 0) is 48.9 Å². The number of hydrogen-bond acceptors (Lipinski definition) is 8. The maximum Gasteiger partial charge on any atom is 0.320 e. The van der Waals surface area contributed by atoms with Crippen molar-refractivity contribution in [1.82, 2.24) is 0 Å². The number of phenols is 2. The highest BCUT2D eigenvalue weighted by Crippen LogP contribution is 2.44. The molecule has 2 unspecified atom stereocenters. The number of ether oxygens (including phenoxy) is 2. The molecule has 2 aromatic carbocycles. The van der Waals surface area contributed by atoms with Crippen molar-refractivity contribution in [3.8, 4) is 11.5 Å². The second-order valence-corrected chi connectivity index (χ2v) is 7.31. The second kappa shape index (κ2) is 8.31. The van der Waals surface area contributed by atoms with Crippen LogP contribution in [0.2, 0.25) is 0 Å². The molecular weight excluding hydrogens is 392 g/mol. The lowest BCUT2D eigenvalue weighted by Crippen LogP contribution is -2.29. The van der Waals surface area contributed by atoms with E-state index in [1.54, 1.807) is 13.8 Å². The van der Waals surface area contributed by atoms with Gasteiger partial charge in [-0.2, -0.15) is 0 Å². The van der Waals surface area contributed by atoms with Gasteiger partial charge in [0.25, 0.3) is 0 Å². The van der Waals surface area contributed by atoms with Crippen molar-refractivity contribution in [2.45, 2.75) is 39.2 Å². The lowest BCUT2D eigenvalue weighted by molar-refractivity contribution is -0.160. The second-order valence-electron chi connectivity index (χ2n) is 7.31. The Hall–Kier alpha value is -3.13. The number of aryl methyl sites for hydroxylation is 1. The van der Waals surface area contributed by atoms with E-state index in [-0.39, 0.29) is 59.8 Å². The standard InChI is InChI=1S/C22H24O8/c1-4-30-22(28)14(21(27)29-3)8-11-12-9-13-15(23)5-6-16(24)19(13)20(26)18(12)10(2)7-17(11)25/h7,9,14-15,23,25-26H,4-6,8H2,1-3H3. The van der Waals surface area contributed by atoms with Gasteiger partial charge in [0.15, 0.2) is 11.7 Å². The Kier molecular flexibility index (Phi) is 5.98. The normalized spacial score (nSPS) is 16.8. The molecule has 8 heteroatoms. The van der Waals surface area contributed by atoms with E-state index in [0.717, 1.165) is 7.11 Å². The lowest BCUT2D eigenvalue weighted by Gasteiger charge is -2.24. The van der Waals surface area contributed by atoms with Crippen molar-refractivity contribution in [3.05, 3.63) is 34.4 Å². The van der Waals surface area contributed by atoms with Crippen LogP contribution in [0.1, 0.15) is 52.9 Å². The zero-order chi connectivity index (χ0) is 22.2. The molecule has 1 aliphatic carbocycles. The number of carbonyl (C=O) groups excluding carboxylic acids is 3. The molecule has 2 atom stereocenters. The van der Waals surface area contributed by atoms with E-state index in [4.69, 9.17) is 9.47 Å². The average molecular weight is 416 g/mol. The molecular formula is C22H24O8. The number of aliphatic hydroxyl groups is 1. The highest BCUT2D eigenvalue weighted by atomic mass is 16.5. The van der Waals surface area contributed by atoms with Crippen LogP contribution in [0.25, 0.3) is 10.8 Å². The summed E-state index contributed by atoms with van der Waals surface area (Å²) in [4.78, 5) is 36.9. The van der Waals surface area contributed by atoms with Gasteiger partial charge in [0.05, 0.1) is 25.4 Å². The van der Waals surface area contributed by atoms with Gasteiger partial charge >= 0.3 is 11.9 Å². The number of benzene rings is 2. The van der Waals surface area contributed by atoms with Gasteiger partial charge in [-0.1, -0.05) is 0 Å². The lowest BCUT2D eigenvalue weighted by atomic mass is 9.82. The summed E-state index contributed by atoms with van der Waals surface area (Å²) in [6, 6.07) is 2.93. The number of aromatic hydroxyl groups is 2. The van der Waals surface area contributed by atoms with Gasteiger partial charge in [0.1, 0.15) is 11.5 Å². The molecule has 0 aromatic heterocycles. The third-order valence-electron chi connectivity index (χ3n) is 5.46. The molecule has 8 nitrogen and oxygen atoms in total. The average Bonchev–Trinajstić information content (AvgIpc) is 2.69. The van der Waals surface area contributed by atoms with E-state index < -0.39 is 24.0 Å². The molecule has 160 valence electrons. The molecule has 1 aliphatic rings. The van der Waals surface area contributed by atoms with Gasteiger partial charge in [-0.3, -0.25) is 14.4 Å². The van der Waals surface area contributed by atoms with Crippen molar-refractivity contribution in [2.24, 2.45) is 5.92 Å². The number of carbonyl (C=O) groups is 3. The van der Waals surface area contributed by atoms with Crippen LogP contribution >= 0.6 is 0 Å². The predicted molar refractivity (Wildman–Crippen MR) is 106 cm³/mol. The van der Waals surface area contributed by atoms with Crippen LogP contribution < -0.4 is 0 Å². The number of ketones is 1. The first-order valence-corrected chi connectivity index (χ1v) is 9.67. The van der Waals surface area contributed by atoms with Crippen molar-refractivity contribution in [1.29, 1.82) is 0 Å². The highest BCUT2D eigenvalue weighted by molar-refractivity contribution is 6.09. The zero-order valence-corrected chi connectivity index (χ0v) is 17.0. The number of esters is 2. The number of methoxy groups -OCH3 is 1. The molecule has 30 heavy (non-hydrogen) atoms. The van der Waals surface area contributed by atoms with Gasteiger partial charge in [0.2, 0.25) is 0 Å². The maximum absolute atomic E-state index is 12.4. The Labute approximate surface area is 173 Å². The van der Waals surface area contributed by atoms with E-state index in [2.05, 4.69) is 0 Å². The molecule has 0 fully saturated rings. The monoisotopic (exact) mass is 416 g/mol. The molecule has 0 bridgehead atoms. The summed E-state index contributed by atoms with van der Waals surface area (Å²) >= 11 is 0. The molecule has 0 saturated carbocycles. The summed E-state index contributed by atoms with van der Waals surface area (Å²) in [6.07, 6.45) is -0.858. The first-order valence-electron chi connectivity index (χ1n) is 9.67. The molecule has 3 rings (SSSR count). The van der Waals surface area contributed by atoms with Crippen molar-refractivity contribution in [2.75, 3.05) is 13.7 Å². The molecule has 0 spiro atoms. The molecule has 0 heterocycles. The van der Waals surface area contributed by atoms with Crippen LogP contribution in [-0.2, 0) is 25.5 Å². The summed E-state index contributed by atoms with van der Waals surface area (Å²) in [5, 5.41) is 32.5. The summed E-state index contributed by atoms with van der Waals surface area (Å²) in [6.45, 7) is 3.33. The minimum Gasteiger partial charge on any atom is -0.508 e. The Balaban J connectivity index is 2.26. The summed E-state index contributed by atoms with van der Waals surface area (Å²) in [7, 11) is 1.14. The van der Waals surface area contributed by atoms with Gasteiger partial charge in [0, 0.05) is 23.8 Å². The van der Waals surface area contributed by atoms with Crippen molar-refractivity contribution >= 4 is 28.5 Å². The topological polar surface area (TPSA) is 130 Å². The highest BCUT2D eigenvalue weighted by Gasteiger charge is 2.33. The third kappa shape index (κ3) is 3.59. The molecule has 2 aromatic rings. The van der Waals surface area contributed by atoms with E-state index in [0.29, 0.717) is 16.3 Å². The number of hydrogen-bond donors (Lipinski definition) is 3. The van der Waals surface area contributed by atoms with Crippen LogP contribution in [0.3, 0.4) is 0 Å². The van der Waals surface area contributed by atoms with Crippen LogP contribution in [0.4, 0.5) is 0 Å². The molecule has 3 N–H and O–H groups in total. The van der Waals surface area contributed by atoms with Crippen LogP contribution in [0.15, 0.2) is 12.1 Å². The smallest absolute Gasteiger partial charge is 0.320 e.